The van der Waals surface area contributed by atoms with Crippen LogP contribution in [0.3, 0.4) is 0 Å². The highest BCUT2D eigenvalue weighted by Crippen LogP contribution is 2.65. The van der Waals surface area contributed by atoms with E-state index in [2.05, 4.69) is 9.47 Å². The predicted octanol–water partition coefficient (Wildman–Crippen LogP) is 4.99. The first-order valence-electron chi connectivity index (χ1n) is 6.76. The van der Waals surface area contributed by atoms with Crippen molar-refractivity contribution in [3.63, 3.8) is 0 Å². The van der Waals surface area contributed by atoms with Crippen LogP contribution >= 0.6 is 0 Å². The number of carbonyl (C=O) groups is 1. The monoisotopic (exact) mass is 486 g/mol. The molecule has 0 aliphatic heterocycles. The largest absolute Gasteiger partial charge is 0.509 e. The van der Waals surface area contributed by atoms with E-state index in [-0.39, 0.29) is 0 Å². The normalized spacial score (nSPS) is 32.0. The molecule has 2 aliphatic rings. The van der Waals surface area contributed by atoms with E-state index in [1.165, 1.54) is 0 Å². The van der Waals surface area contributed by atoms with E-state index in [1.807, 2.05) is 0 Å². The number of alkyl halides is 16. The van der Waals surface area contributed by atoms with Gasteiger partial charge < -0.3 is 9.47 Å². The molecule has 0 atom stereocenters. The van der Waals surface area contributed by atoms with Gasteiger partial charge in [-0.1, -0.05) is 0 Å². The van der Waals surface area contributed by atoms with Crippen molar-refractivity contribution < 1.29 is 84.5 Å². The Morgan fingerprint density at radius 3 is 0.767 bits per heavy atom. The first kappa shape index (κ1) is 24.4. The third-order valence-electron chi connectivity index (χ3n) is 4.21. The second-order valence-corrected chi connectivity index (χ2v) is 6.04. The highest BCUT2D eigenvalue weighted by molar-refractivity contribution is 5.61. The number of carbonyl (C=O) groups excluding carboxylic acids is 1. The summed E-state index contributed by atoms with van der Waals surface area (Å²) in [5.74, 6) is -54.6. The molecule has 19 heteroatoms. The van der Waals surface area contributed by atoms with Crippen LogP contribution in [0.2, 0.25) is 0 Å². The van der Waals surface area contributed by atoms with Gasteiger partial charge in [0, 0.05) is 0 Å². The zero-order valence-corrected chi connectivity index (χ0v) is 12.9. The molecule has 2 aliphatic carbocycles. The Balaban J connectivity index is 2.38. The molecule has 176 valence electrons. The molecule has 0 aromatic rings. The average molecular weight is 486 g/mol. The Labute approximate surface area is 151 Å². The zero-order valence-electron chi connectivity index (χ0n) is 12.9. The molecule has 2 saturated carbocycles. The number of ether oxygens (including phenoxy) is 2. The molecule has 0 radical (unpaired) electrons. The van der Waals surface area contributed by atoms with Crippen LogP contribution in [0.4, 0.5) is 75.0 Å². The number of rotatable bonds is 2. The van der Waals surface area contributed by atoms with E-state index in [0.717, 1.165) is 0 Å². The second kappa shape index (κ2) is 5.68. The van der Waals surface area contributed by atoms with Gasteiger partial charge in [0.2, 0.25) is 12.2 Å². The molecular formula is C11H2F16O3. The van der Waals surface area contributed by atoms with Crippen LogP contribution in [0, 0.1) is 0 Å². The highest BCUT2D eigenvalue weighted by atomic mass is 19.4. The van der Waals surface area contributed by atoms with Crippen molar-refractivity contribution in [1.29, 1.82) is 0 Å². The summed E-state index contributed by atoms with van der Waals surface area (Å²) in [5, 5.41) is 0. The Morgan fingerprint density at radius 2 is 0.600 bits per heavy atom. The van der Waals surface area contributed by atoms with Crippen LogP contribution in [0.5, 0.6) is 0 Å². The molecule has 0 saturated heterocycles. The molecule has 0 heterocycles. The lowest BCUT2D eigenvalue weighted by atomic mass is 10.2. The quantitative estimate of drug-likeness (QED) is 0.408. The standard InChI is InChI=1S/C11H2F16O3/c12-4(13)1(5(14,15)9(22,23)8(4,20)21)29-3(28)30-2-6(16,17)10(24,25)11(26,27)7(2,18)19/h1-2H. The maximum absolute atomic E-state index is 13.2. The zero-order chi connectivity index (χ0) is 24.1. The third-order valence-corrected chi connectivity index (χ3v) is 4.21. The number of halogens is 16. The molecule has 30 heavy (non-hydrogen) atoms. The predicted molar refractivity (Wildman–Crippen MR) is 54.7 cm³/mol. The molecule has 0 N–H and O–H groups in total. The van der Waals surface area contributed by atoms with Crippen LogP contribution in [-0.4, -0.2) is 65.7 Å². The van der Waals surface area contributed by atoms with Gasteiger partial charge in [0.15, 0.2) is 0 Å². The van der Waals surface area contributed by atoms with Crippen LogP contribution in [-0.2, 0) is 9.47 Å². The third kappa shape index (κ3) is 2.34. The van der Waals surface area contributed by atoms with Crippen molar-refractivity contribution in [2.45, 2.75) is 59.6 Å². The summed E-state index contributed by atoms with van der Waals surface area (Å²) in [4.78, 5) is 11.0. The topological polar surface area (TPSA) is 35.5 Å². The molecule has 3 nitrogen and oxygen atoms in total. The van der Waals surface area contributed by atoms with E-state index in [0.29, 0.717) is 0 Å². The maximum Gasteiger partial charge on any atom is 0.509 e. The van der Waals surface area contributed by atoms with Gasteiger partial charge in [0.05, 0.1) is 0 Å². The number of hydrogen-bond donors (Lipinski definition) is 0. The number of hydrogen-bond acceptors (Lipinski definition) is 3. The first-order chi connectivity index (χ1) is 12.9. The fraction of sp³-hybridized carbons (Fsp3) is 0.909. The lowest BCUT2D eigenvalue weighted by Crippen LogP contribution is -2.51. The van der Waals surface area contributed by atoms with Gasteiger partial charge in [0.25, 0.3) is 0 Å². The average Bonchev–Trinajstić information content (AvgIpc) is 2.65. The van der Waals surface area contributed by atoms with E-state index < -0.39 is 65.7 Å². The Morgan fingerprint density at radius 1 is 0.433 bits per heavy atom. The van der Waals surface area contributed by atoms with E-state index in [4.69, 9.17) is 0 Å². The van der Waals surface area contributed by atoms with Crippen LogP contribution in [0.25, 0.3) is 0 Å². The summed E-state index contributed by atoms with van der Waals surface area (Å²) in [6, 6.07) is 0. The molecule has 0 amide bonds. The minimum absolute atomic E-state index is 2.62. The van der Waals surface area contributed by atoms with E-state index >= 15 is 0 Å². The van der Waals surface area contributed by atoms with Crippen molar-refractivity contribution in [3.05, 3.63) is 0 Å². The second-order valence-electron chi connectivity index (χ2n) is 6.04. The lowest BCUT2D eigenvalue weighted by Gasteiger charge is -2.26. The molecule has 0 aromatic heterocycles. The van der Waals surface area contributed by atoms with Gasteiger partial charge in [-0.3, -0.25) is 0 Å². The minimum atomic E-state index is -6.96. The van der Waals surface area contributed by atoms with Gasteiger partial charge in [-0.25, -0.2) is 4.79 Å². The highest BCUT2D eigenvalue weighted by Gasteiger charge is 2.96. The molecule has 0 bridgehead atoms. The van der Waals surface area contributed by atoms with Crippen LogP contribution in [0.15, 0.2) is 0 Å². The van der Waals surface area contributed by atoms with Crippen LogP contribution < -0.4 is 0 Å². The van der Waals surface area contributed by atoms with Crippen molar-refractivity contribution in [2.24, 2.45) is 0 Å². The van der Waals surface area contributed by atoms with Gasteiger partial charge in [0.1, 0.15) is 0 Å². The van der Waals surface area contributed by atoms with Gasteiger partial charge in [-0.15, -0.1) is 0 Å². The molecule has 2 fully saturated rings. The maximum atomic E-state index is 13.2. The molecule has 2 rings (SSSR count). The van der Waals surface area contributed by atoms with Crippen molar-refractivity contribution in [2.75, 3.05) is 0 Å². The summed E-state index contributed by atoms with van der Waals surface area (Å²) in [5.41, 5.74) is 0. The smallest absolute Gasteiger partial charge is 0.417 e. The van der Waals surface area contributed by atoms with Crippen molar-refractivity contribution in [1.82, 2.24) is 0 Å². The summed E-state index contributed by atoms with van der Waals surface area (Å²) in [6.07, 6.45) is -14.3. The minimum Gasteiger partial charge on any atom is -0.417 e. The Bertz CT molecular complexity index is 631. The van der Waals surface area contributed by atoms with E-state index in [9.17, 15) is 75.0 Å². The summed E-state index contributed by atoms with van der Waals surface area (Å²) in [6.45, 7) is 0. The summed E-state index contributed by atoms with van der Waals surface area (Å²) >= 11 is 0. The Hall–Kier alpha value is -1.85. The summed E-state index contributed by atoms with van der Waals surface area (Å²) in [7, 11) is 0. The SMILES string of the molecule is O=C(OC1C(F)(F)C(F)(F)C(F)(F)C1(F)F)OC1C(F)(F)C(F)(F)C(F)(F)C1(F)F. The molecular weight excluding hydrogens is 484 g/mol. The summed E-state index contributed by atoms with van der Waals surface area (Å²) < 4.78 is 214. The fourth-order valence-electron chi connectivity index (χ4n) is 2.47. The van der Waals surface area contributed by atoms with Gasteiger partial charge in [-0.05, 0) is 0 Å². The van der Waals surface area contributed by atoms with Crippen LogP contribution in [0.1, 0.15) is 0 Å². The first-order valence-corrected chi connectivity index (χ1v) is 6.76. The Kier molecular flexibility index (Phi) is 4.63. The van der Waals surface area contributed by atoms with Crippen molar-refractivity contribution >= 4 is 6.16 Å². The molecule has 0 aromatic carbocycles. The molecule has 0 spiro atoms. The van der Waals surface area contributed by atoms with Gasteiger partial charge >= 0.3 is 53.5 Å². The van der Waals surface area contributed by atoms with Crippen molar-refractivity contribution in [3.8, 4) is 0 Å². The fourth-order valence-corrected chi connectivity index (χ4v) is 2.47. The molecule has 0 unspecified atom stereocenters. The van der Waals surface area contributed by atoms with E-state index in [1.54, 1.807) is 0 Å². The van der Waals surface area contributed by atoms with Gasteiger partial charge in [-0.2, -0.15) is 70.2 Å². The lowest BCUT2D eigenvalue weighted by molar-refractivity contribution is -0.303.